The Balaban J connectivity index is 2.20. The number of anilines is 1. The van der Waals surface area contributed by atoms with Crippen molar-refractivity contribution in [1.82, 2.24) is 0 Å². The summed E-state index contributed by atoms with van der Waals surface area (Å²) < 4.78 is 0. The van der Waals surface area contributed by atoms with Crippen molar-refractivity contribution in [3.05, 3.63) is 69.3 Å². The standard InChI is InChI=1S/C21H24N2O4/c1-13(2)16-9-17(14(3)4)11-18(10-16)22-21(25)20(24)12-15-7-5-6-8-19(15)23(26)27/h5-11,13-14H,12H2,1-4H3,(H,22,25). The van der Waals surface area contributed by atoms with Crippen molar-refractivity contribution >= 4 is 23.1 Å². The minimum Gasteiger partial charge on any atom is -0.319 e. The van der Waals surface area contributed by atoms with Crippen LogP contribution >= 0.6 is 0 Å². The molecule has 0 unspecified atom stereocenters. The first-order valence-corrected chi connectivity index (χ1v) is 8.90. The number of nitro groups is 1. The number of amides is 1. The molecule has 142 valence electrons. The Labute approximate surface area is 158 Å². The summed E-state index contributed by atoms with van der Waals surface area (Å²) in [6.07, 6.45) is -0.316. The van der Waals surface area contributed by atoms with E-state index in [0.29, 0.717) is 5.69 Å². The predicted octanol–water partition coefficient (Wildman–Crippen LogP) is 4.59. The SMILES string of the molecule is CC(C)c1cc(NC(=O)C(=O)Cc2ccccc2[N+](=O)[O-])cc(C(C)C)c1. The van der Waals surface area contributed by atoms with Crippen LogP contribution in [0.2, 0.25) is 0 Å². The number of nitrogens with one attached hydrogen (secondary N) is 1. The lowest BCUT2D eigenvalue weighted by atomic mass is 9.95. The summed E-state index contributed by atoms with van der Waals surface area (Å²) >= 11 is 0. The molecule has 0 atom stereocenters. The maximum atomic E-state index is 12.3. The van der Waals surface area contributed by atoms with Crippen molar-refractivity contribution in [2.75, 3.05) is 5.32 Å². The van der Waals surface area contributed by atoms with Crippen LogP contribution in [-0.4, -0.2) is 16.6 Å². The monoisotopic (exact) mass is 368 g/mol. The number of ketones is 1. The fourth-order valence-electron chi connectivity index (χ4n) is 2.71. The number of Topliss-reactive ketones (excluding diaryl/α,β-unsaturated/α-hetero) is 1. The number of carbonyl (C=O) groups excluding carboxylic acids is 2. The Kier molecular flexibility index (Phi) is 6.45. The summed E-state index contributed by atoms with van der Waals surface area (Å²) in [5.41, 5.74) is 2.76. The number of rotatable bonds is 7. The summed E-state index contributed by atoms with van der Waals surface area (Å²) in [7, 11) is 0. The minimum absolute atomic E-state index is 0.164. The molecule has 6 nitrogen and oxygen atoms in total. The van der Waals surface area contributed by atoms with Crippen molar-refractivity contribution in [2.24, 2.45) is 0 Å². The van der Waals surface area contributed by atoms with E-state index in [1.165, 1.54) is 18.2 Å². The highest BCUT2D eigenvalue weighted by molar-refractivity contribution is 6.41. The lowest BCUT2D eigenvalue weighted by molar-refractivity contribution is -0.385. The molecule has 1 N–H and O–H groups in total. The molecule has 2 aromatic carbocycles. The second-order valence-corrected chi connectivity index (χ2v) is 7.14. The molecule has 27 heavy (non-hydrogen) atoms. The third kappa shape index (κ3) is 5.23. The molecule has 2 aromatic rings. The topological polar surface area (TPSA) is 89.3 Å². The molecule has 0 heterocycles. The van der Waals surface area contributed by atoms with Crippen LogP contribution in [0, 0.1) is 10.1 Å². The van der Waals surface area contributed by atoms with Crippen LogP contribution < -0.4 is 5.32 Å². The Hall–Kier alpha value is -3.02. The molecule has 0 fully saturated rings. The molecule has 6 heteroatoms. The van der Waals surface area contributed by atoms with Crippen molar-refractivity contribution in [3.8, 4) is 0 Å². The van der Waals surface area contributed by atoms with Gasteiger partial charge >= 0.3 is 0 Å². The van der Waals surface area contributed by atoms with E-state index in [9.17, 15) is 19.7 Å². The predicted molar refractivity (Wildman–Crippen MR) is 105 cm³/mol. The first-order valence-electron chi connectivity index (χ1n) is 8.90. The Bertz CT molecular complexity index is 846. The van der Waals surface area contributed by atoms with Crippen LogP contribution in [0.5, 0.6) is 0 Å². The molecular formula is C21H24N2O4. The Morgan fingerprint density at radius 3 is 2.07 bits per heavy atom. The summed E-state index contributed by atoms with van der Waals surface area (Å²) in [5.74, 6) is -0.932. The van der Waals surface area contributed by atoms with E-state index in [1.54, 1.807) is 6.07 Å². The van der Waals surface area contributed by atoms with Gasteiger partial charge in [-0.2, -0.15) is 0 Å². The quantitative estimate of drug-likeness (QED) is 0.440. The zero-order valence-corrected chi connectivity index (χ0v) is 16.0. The molecule has 0 radical (unpaired) electrons. The van der Waals surface area contributed by atoms with Gasteiger partial charge in [0.05, 0.1) is 4.92 Å². The fraction of sp³-hybridized carbons (Fsp3) is 0.333. The second kappa shape index (κ2) is 8.58. The highest BCUT2D eigenvalue weighted by Gasteiger charge is 2.21. The van der Waals surface area contributed by atoms with Gasteiger partial charge in [-0.25, -0.2) is 0 Å². The summed E-state index contributed by atoms with van der Waals surface area (Å²) in [6, 6.07) is 11.7. The van der Waals surface area contributed by atoms with Crippen LogP contribution in [0.15, 0.2) is 42.5 Å². The van der Waals surface area contributed by atoms with Gasteiger partial charge in [0, 0.05) is 23.7 Å². The van der Waals surface area contributed by atoms with Crippen LogP contribution in [0.1, 0.15) is 56.2 Å². The first kappa shape index (κ1) is 20.3. The average molecular weight is 368 g/mol. The normalized spacial score (nSPS) is 10.9. The Morgan fingerprint density at radius 1 is 1.00 bits per heavy atom. The van der Waals surface area contributed by atoms with Crippen molar-refractivity contribution in [2.45, 2.75) is 46.0 Å². The smallest absolute Gasteiger partial charge is 0.292 e. The van der Waals surface area contributed by atoms with E-state index in [1.807, 2.05) is 12.1 Å². The Morgan fingerprint density at radius 2 is 1.56 bits per heavy atom. The molecule has 0 saturated carbocycles. The molecule has 0 aromatic heterocycles. The molecule has 0 aliphatic rings. The highest BCUT2D eigenvalue weighted by atomic mass is 16.6. The lowest BCUT2D eigenvalue weighted by Crippen LogP contribution is -2.25. The third-order valence-electron chi connectivity index (χ3n) is 4.36. The summed E-state index contributed by atoms with van der Waals surface area (Å²) in [4.78, 5) is 35.1. The zero-order chi connectivity index (χ0) is 20.1. The minimum atomic E-state index is -0.774. The zero-order valence-electron chi connectivity index (χ0n) is 16.0. The summed E-state index contributed by atoms with van der Waals surface area (Å²) in [6.45, 7) is 8.24. The third-order valence-corrected chi connectivity index (χ3v) is 4.36. The summed E-state index contributed by atoms with van der Waals surface area (Å²) in [5, 5.41) is 13.7. The number of nitrogens with zero attached hydrogens (tertiary/aromatic N) is 1. The van der Waals surface area contributed by atoms with E-state index in [2.05, 4.69) is 39.1 Å². The number of hydrogen-bond acceptors (Lipinski definition) is 4. The van der Waals surface area contributed by atoms with Crippen LogP contribution in [0.4, 0.5) is 11.4 Å². The van der Waals surface area contributed by atoms with Gasteiger partial charge in [-0.3, -0.25) is 19.7 Å². The van der Waals surface area contributed by atoms with E-state index >= 15 is 0 Å². The highest BCUT2D eigenvalue weighted by Crippen LogP contribution is 2.26. The van der Waals surface area contributed by atoms with Gasteiger partial charge in [-0.15, -0.1) is 0 Å². The van der Waals surface area contributed by atoms with Crippen LogP contribution in [-0.2, 0) is 16.0 Å². The van der Waals surface area contributed by atoms with Crippen LogP contribution in [0.25, 0.3) is 0 Å². The maximum Gasteiger partial charge on any atom is 0.292 e. The molecule has 0 saturated heterocycles. The van der Waals surface area contributed by atoms with E-state index in [0.717, 1.165) is 11.1 Å². The van der Waals surface area contributed by atoms with Gasteiger partial charge in [0.2, 0.25) is 5.78 Å². The second-order valence-electron chi connectivity index (χ2n) is 7.14. The van der Waals surface area contributed by atoms with Crippen LogP contribution in [0.3, 0.4) is 0 Å². The van der Waals surface area contributed by atoms with Gasteiger partial charge in [-0.1, -0.05) is 52.0 Å². The molecule has 2 rings (SSSR count). The molecular weight excluding hydrogens is 344 g/mol. The van der Waals surface area contributed by atoms with Crippen molar-refractivity contribution in [1.29, 1.82) is 0 Å². The van der Waals surface area contributed by atoms with E-state index in [-0.39, 0.29) is 29.5 Å². The molecule has 1 amide bonds. The molecule has 0 bridgehead atoms. The van der Waals surface area contributed by atoms with Gasteiger partial charge in [0.15, 0.2) is 0 Å². The number of nitro benzene ring substituents is 1. The fourth-order valence-corrected chi connectivity index (χ4v) is 2.71. The van der Waals surface area contributed by atoms with E-state index in [4.69, 9.17) is 0 Å². The molecule has 0 aliphatic carbocycles. The molecule has 0 spiro atoms. The average Bonchev–Trinajstić information content (AvgIpc) is 2.61. The van der Waals surface area contributed by atoms with Gasteiger partial charge in [0.1, 0.15) is 0 Å². The largest absolute Gasteiger partial charge is 0.319 e. The van der Waals surface area contributed by atoms with Gasteiger partial charge in [-0.05, 0) is 35.1 Å². The number of carbonyl (C=O) groups is 2. The van der Waals surface area contributed by atoms with E-state index < -0.39 is 16.6 Å². The molecule has 0 aliphatic heterocycles. The van der Waals surface area contributed by atoms with Crippen molar-refractivity contribution in [3.63, 3.8) is 0 Å². The number of para-hydroxylation sites is 1. The number of hydrogen-bond donors (Lipinski definition) is 1. The van der Waals surface area contributed by atoms with Gasteiger partial charge in [0.25, 0.3) is 11.6 Å². The van der Waals surface area contributed by atoms with Gasteiger partial charge < -0.3 is 5.32 Å². The maximum absolute atomic E-state index is 12.3. The van der Waals surface area contributed by atoms with Crippen molar-refractivity contribution < 1.29 is 14.5 Å². The first-order chi connectivity index (χ1) is 12.7. The lowest BCUT2D eigenvalue weighted by Gasteiger charge is -2.15. The number of benzene rings is 2.